The van der Waals surface area contributed by atoms with Crippen LogP contribution < -0.4 is 4.57 Å². The Morgan fingerprint density at radius 3 is 2.42 bits per heavy atom. The van der Waals surface area contributed by atoms with Crippen molar-refractivity contribution in [2.45, 2.75) is 45.6 Å². The third kappa shape index (κ3) is 4.86. The standard InChI is InChI=1S/C18H24N/c1-2-3-4-6-10-18-13-9-14-19(16-18)15-17-11-7-5-8-12-17/h5,7-9,11-14,16H,2-4,6,10,15H2,1H3/q+1. The first-order valence-electron chi connectivity index (χ1n) is 7.40. The van der Waals surface area contributed by atoms with Crippen LogP contribution in [0.5, 0.6) is 0 Å². The molecule has 0 spiro atoms. The molecule has 0 aliphatic carbocycles. The van der Waals surface area contributed by atoms with E-state index in [0.29, 0.717) is 0 Å². The van der Waals surface area contributed by atoms with Gasteiger partial charge in [-0.15, -0.1) is 0 Å². The zero-order chi connectivity index (χ0) is 13.3. The van der Waals surface area contributed by atoms with Crippen LogP contribution in [0.2, 0.25) is 0 Å². The molecule has 1 heterocycles. The lowest BCUT2D eigenvalue weighted by Gasteiger charge is -2.02. The highest BCUT2D eigenvalue weighted by Crippen LogP contribution is 2.06. The molecule has 2 rings (SSSR count). The van der Waals surface area contributed by atoms with Crippen LogP contribution in [0.1, 0.15) is 43.7 Å². The molecule has 1 nitrogen and oxygen atoms in total. The van der Waals surface area contributed by atoms with Gasteiger partial charge in [0, 0.05) is 17.2 Å². The number of rotatable bonds is 7. The van der Waals surface area contributed by atoms with Crippen molar-refractivity contribution < 1.29 is 4.57 Å². The van der Waals surface area contributed by atoms with E-state index in [1.165, 1.54) is 43.2 Å². The van der Waals surface area contributed by atoms with Crippen LogP contribution in [0.15, 0.2) is 54.9 Å². The molecule has 1 aromatic carbocycles. The number of pyridine rings is 1. The molecule has 0 bridgehead atoms. The molecule has 2 aromatic rings. The van der Waals surface area contributed by atoms with Crippen molar-refractivity contribution in [1.82, 2.24) is 0 Å². The van der Waals surface area contributed by atoms with Crippen LogP contribution >= 0.6 is 0 Å². The summed E-state index contributed by atoms with van der Waals surface area (Å²) < 4.78 is 2.28. The van der Waals surface area contributed by atoms with Crippen LogP contribution in [-0.4, -0.2) is 0 Å². The second kappa shape index (κ2) is 7.73. The first kappa shape index (κ1) is 13.8. The van der Waals surface area contributed by atoms with Gasteiger partial charge < -0.3 is 0 Å². The van der Waals surface area contributed by atoms with Gasteiger partial charge in [-0.3, -0.25) is 0 Å². The van der Waals surface area contributed by atoms with Gasteiger partial charge in [-0.2, -0.15) is 0 Å². The second-order valence-electron chi connectivity index (χ2n) is 5.18. The highest BCUT2D eigenvalue weighted by molar-refractivity contribution is 5.13. The van der Waals surface area contributed by atoms with Crippen LogP contribution in [0.25, 0.3) is 0 Å². The molecular weight excluding hydrogens is 230 g/mol. The third-order valence-electron chi connectivity index (χ3n) is 3.45. The lowest BCUT2D eigenvalue weighted by Crippen LogP contribution is -2.33. The van der Waals surface area contributed by atoms with E-state index in [0.717, 1.165) is 6.54 Å². The minimum atomic E-state index is 0.962. The Hall–Kier alpha value is -1.63. The van der Waals surface area contributed by atoms with Crippen molar-refractivity contribution in [3.8, 4) is 0 Å². The van der Waals surface area contributed by atoms with E-state index in [1.54, 1.807) is 0 Å². The molecule has 0 unspecified atom stereocenters. The molecule has 0 atom stereocenters. The maximum Gasteiger partial charge on any atom is 0.173 e. The van der Waals surface area contributed by atoms with Gasteiger partial charge in [-0.05, 0) is 18.9 Å². The van der Waals surface area contributed by atoms with Crippen molar-refractivity contribution in [2.24, 2.45) is 0 Å². The molecule has 1 heteroatoms. The molecule has 0 N–H and O–H groups in total. The van der Waals surface area contributed by atoms with Gasteiger partial charge in [-0.25, -0.2) is 4.57 Å². The summed E-state index contributed by atoms with van der Waals surface area (Å²) in [5.74, 6) is 0. The first-order chi connectivity index (χ1) is 9.38. The maximum atomic E-state index is 2.29. The average Bonchev–Trinajstić information content (AvgIpc) is 2.45. The highest BCUT2D eigenvalue weighted by atomic mass is 14.9. The summed E-state index contributed by atoms with van der Waals surface area (Å²) in [4.78, 5) is 0. The van der Waals surface area contributed by atoms with Crippen LogP contribution in [0.3, 0.4) is 0 Å². The van der Waals surface area contributed by atoms with Crippen LogP contribution in [0.4, 0.5) is 0 Å². The number of hydrogen-bond donors (Lipinski definition) is 0. The van der Waals surface area contributed by atoms with Crippen molar-refractivity contribution in [3.63, 3.8) is 0 Å². The van der Waals surface area contributed by atoms with Crippen molar-refractivity contribution >= 4 is 0 Å². The molecule has 0 saturated carbocycles. The number of benzene rings is 1. The summed E-state index contributed by atoms with van der Waals surface area (Å²) >= 11 is 0. The van der Waals surface area contributed by atoms with E-state index in [4.69, 9.17) is 0 Å². The molecule has 100 valence electrons. The Morgan fingerprint density at radius 1 is 0.842 bits per heavy atom. The molecule has 0 radical (unpaired) electrons. The average molecular weight is 254 g/mol. The fourth-order valence-corrected chi connectivity index (χ4v) is 2.37. The summed E-state index contributed by atoms with van der Waals surface area (Å²) in [5, 5.41) is 0. The Balaban J connectivity index is 1.91. The Labute approximate surface area is 116 Å². The number of aryl methyl sites for hydroxylation is 1. The van der Waals surface area contributed by atoms with E-state index in [1.807, 2.05) is 0 Å². The summed E-state index contributed by atoms with van der Waals surface area (Å²) in [6.07, 6.45) is 11.0. The summed E-state index contributed by atoms with van der Waals surface area (Å²) in [6.45, 7) is 3.22. The minimum absolute atomic E-state index is 0.962. The van der Waals surface area contributed by atoms with Crippen molar-refractivity contribution in [2.75, 3.05) is 0 Å². The lowest BCUT2D eigenvalue weighted by molar-refractivity contribution is -0.688. The number of aromatic nitrogens is 1. The SMILES string of the molecule is CCCCCCc1ccc[n+](Cc2ccccc2)c1. The van der Waals surface area contributed by atoms with Gasteiger partial charge in [0.2, 0.25) is 0 Å². The van der Waals surface area contributed by atoms with E-state index in [9.17, 15) is 0 Å². The Kier molecular flexibility index (Phi) is 5.61. The largest absolute Gasteiger partial charge is 0.201 e. The van der Waals surface area contributed by atoms with Crippen molar-refractivity contribution in [1.29, 1.82) is 0 Å². The van der Waals surface area contributed by atoms with E-state index < -0.39 is 0 Å². The Morgan fingerprint density at radius 2 is 1.63 bits per heavy atom. The van der Waals surface area contributed by atoms with Gasteiger partial charge in [0.25, 0.3) is 0 Å². The van der Waals surface area contributed by atoms with E-state index in [2.05, 4.69) is 66.3 Å². The lowest BCUT2D eigenvalue weighted by atomic mass is 10.1. The summed E-state index contributed by atoms with van der Waals surface area (Å²) in [7, 11) is 0. The fourth-order valence-electron chi connectivity index (χ4n) is 2.37. The fraction of sp³-hybridized carbons (Fsp3) is 0.389. The molecule has 0 saturated heterocycles. The monoisotopic (exact) mass is 254 g/mol. The zero-order valence-electron chi connectivity index (χ0n) is 11.9. The third-order valence-corrected chi connectivity index (χ3v) is 3.45. The predicted molar refractivity (Wildman–Crippen MR) is 80.0 cm³/mol. The molecule has 1 aromatic heterocycles. The molecular formula is C18H24N+. The van der Waals surface area contributed by atoms with Crippen molar-refractivity contribution in [3.05, 3.63) is 66.0 Å². The van der Waals surface area contributed by atoms with E-state index in [-0.39, 0.29) is 0 Å². The highest BCUT2D eigenvalue weighted by Gasteiger charge is 2.04. The van der Waals surface area contributed by atoms with Crippen LogP contribution in [0, 0.1) is 0 Å². The smallest absolute Gasteiger partial charge is 0.173 e. The van der Waals surface area contributed by atoms with Gasteiger partial charge in [0.1, 0.15) is 0 Å². The summed E-state index contributed by atoms with van der Waals surface area (Å²) in [6, 6.07) is 15.0. The molecule has 0 aliphatic rings. The first-order valence-corrected chi connectivity index (χ1v) is 7.40. The predicted octanol–water partition coefficient (Wildman–Crippen LogP) is 4.15. The topological polar surface area (TPSA) is 3.88 Å². The number of nitrogens with zero attached hydrogens (tertiary/aromatic N) is 1. The molecule has 0 fully saturated rings. The molecule has 0 amide bonds. The zero-order valence-corrected chi connectivity index (χ0v) is 11.9. The maximum absolute atomic E-state index is 2.29. The van der Waals surface area contributed by atoms with Gasteiger partial charge in [0.15, 0.2) is 18.9 Å². The van der Waals surface area contributed by atoms with Gasteiger partial charge in [-0.1, -0.05) is 56.5 Å². The minimum Gasteiger partial charge on any atom is -0.201 e. The molecule has 19 heavy (non-hydrogen) atoms. The van der Waals surface area contributed by atoms with Gasteiger partial charge in [0.05, 0.1) is 0 Å². The van der Waals surface area contributed by atoms with Gasteiger partial charge >= 0.3 is 0 Å². The second-order valence-corrected chi connectivity index (χ2v) is 5.18. The number of hydrogen-bond acceptors (Lipinski definition) is 0. The summed E-state index contributed by atoms with van der Waals surface area (Å²) in [5.41, 5.74) is 2.81. The number of unbranched alkanes of at least 4 members (excludes halogenated alkanes) is 3. The normalized spacial score (nSPS) is 10.6. The van der Waals surface area contributed by atoms with E-state index >= 15 is 0 Å². The Bertz CT molecular complexity index is 476. The van der Waals surface area contributed by atoms with Crippen LogP contribution in [-0.2, 0) is 13.0 Å². The quantitative estimate of drug-likeness (QED) is 0.516. The molecule has 0 aliphatic heterocycles.